The first-order valence-corrected chi connectivity index (χ1v) is 3.52. The van der Waals surface area contributed by atoms with Crippen molar-refractivity contribution in [2.75, 3.05) is 18.1 Å². The molecular weight excluding hydrogens is 156 g/mol. The predicted octanol–water partition coefficient (Wildman–Crippen LogP) is -0.762. The van der Waals surface area contributed by atoms with Gasteiger partial charge in [-0.15, -0.1) is 0 Å². The zero-order valence-corrected chi connectivity index (χ0v) is 6.57. The Morgan fingerprint density at radius 2 is 2.17 bits per heavy atom. The minimum Gasteiger partial charge on any atom is -0.396 e. The second-order valence-electron chi connectivity index (χ2n) is 2.53. The fourth-order valence-corrected chi connectivity index (χ4v) is 0.818. The minimum atomic E-state index is -0.444. The third kappa shape index (κ3) is 1.63. The molecule has 1 aromatic heterocycles. The zero-order chi connectivity index (χ0) is 9.14. The Hall–Kier alpha value is -1.33. The molecule has 0 spiro atoms. The number of hydrogen-bond donors (Lipinski definition) is 4. The van der Waals surface area contributed by atoms with Crippen LogP contribution in [0.1, 0.15) is 11.6 Å². The smallest absolute Gasteiger partial charge is 0.146 e. The van der Waals surface area contributed by atoms with E-state index in [1.807, 2.05) is 0 Å². The first-order valence-electron chi connectivity index (χ1n) is 3.52. The lowest BCUT2D eigenvalue weighted by Crippen LogP contribution is -2.15. The van der Waals surface area contributed by atoms with E-state index in [0.29, 0.717) is 11.3 Å². The van der Waals surface area contributed by atoms with Crippen LogP contribution in [0.3, 0.4) is 0 Å². The van der Waals surface area contributed by atoms with Crippen molar-refractivity contribution in [2.24, 2.45) is 5.73 Å². The average molecular weight is 168 g/mol. The Kier molecular flexibility index (Phi) is 2.47. The Morgan fingerprint density at radius 3 is 2.67 bits per heavy atom. The van der Waals surface area contributed by atoms with E-state index in [9.17, 15) is 0 Å². The van der Waals surface area contributed by atoms with Gasteiger partial charge < -0.3 is 22.3 Å². The van der Waals surface area contributed by atoms with Gasteiger partial charge in [0.25, 0.3) is 0 Å². The summed E-state index contributed by atoms with van der Waals surface area (Å²) in [5.74, 6) is 0.281. The first-order chi connectivity index (χ1) is 5.65. The number of aliphatic hydroxyl groups is 1. The monoisotopic (exact) mass is 168 g/mol. The van der Waals surface area contributed by atoms with Crippen molar-refractivity contribution in [2.45, 2.75) is 6.04 Å². The quantitative estimate of drug-likeness (QED) is 0.463. The molecule has 66 valence electrons. The second-order valence-corrected chi connectivity index (χ2v) is 2.53. The Labute approximate surface area is 70.2 Å². The van der Waals surface area contributed by atoms with Crippen LogP contribution in [0.4, 0.5) is 11.5 Å². The van der Waals surface area contributed by atoms with Gasteiger partial charge >= 0.3 is 0 Å². The second kappa shape index (κ2) is 3.38. The van der Waals surface area contributed by atoms with Gasteiger partial charge in [0.1, 0.15) is 5.82 Å². The lowest BCUT2D eigenvalue weighted by Gasteiger charge is -2.08. The Balaban J connectivity index is 2.96. The topological polar surface area (TPSA) is 111 Å². The number of aliphatic hydroxyl groups excluding tert-OH is 1. The lowest BCUT2D eigenvalue weighted by atomic mass is 10.1. The molecule has 1 aromatic rings. The summed E-state index contributed by atoms with van der Waals surface area (Å²) in [6.07, 6.45) is 1.51. The van der Waals surface area contributed by atoms with Crippen LogP contribution >= 0.6 is 0 Å². The first kappa shape index (κ1) is 8.76. The van der Waals surface area contributed by atoms with Gasteiger partial charge in [-0.05, 0) is 11.6 Å². The highest BCUT2D eigenvalue weighted by atomic mass is 16.3. The largest absolute Gasteiger partial charge is 0.396 e. The highest BCUT2D eigenvalue weighted by molar-refractivity contribution is 5.58. The number of aromatic nitrogens is 1. The Morgan fingerprint density at radius 1 is 1.50 bits per heavy atom. The molecule has 1 heterocycles. The van der Waals surface area contributed by atoms with Crippen LogP contribution in [0.25, 0.3) is 0 Å². The van der Waals surface area contributed by atoms with Crippen LogP contribution in [0.2, 0.25) is 0 Å². The lowest BCUT2D eigenvalue weighted by molar-refractivity contribution is 0.268. The van der Waals surface area contributed by atoms with Crippen LogP contribution in [-0.2, 0) is 0 Å². The molecule has 7 N–H and O–H groups in total. The summed E-state index contributed by atoms with van der Waals surface area (Å²) in [5.41, 5.74) is 17.5. The number of hydrogen-bond acceptors (Lipinski definition) is 5. The number of nitrogens with two attached hydrogens (primary N) is 3. The Bertz CT molecular complexity index is 276. The van der Waals surface area contributed by atoms with Gasteiger partial charge in [-0.2, -0.15) is 0 Å². The molecule has 5 nitrogen and oxygen atoms in total. The predicted molar refractivity (Wildman–Crippen MR) is 47.1 cm³/mol. The normalized spacial score (nSPS) is 12.8. The summed E-state index contributed by atoms with van der Waals surface area (Å²) in [7, 11) is 0. The zero-order valence-electron chi connectivity index (χ0n) is 6.57. The SMILES string of the molecule is Nc1cc([C@H](N)CO)cnc1N. The van der Waals surface area contributed by atoms with Crippen LogP contribution in [0.5, 0.6) is 0 Å². The van der Waals surface area contributed by atoms with Crippen molar-refractivity contribution in [3.8, 4) is 0 Å². The van der Waals surface area contributed by atoms with E-state index in [1.165, 1.54) is 6.20 Å². The van der Waals surface area contributed by atoms with E-state index in [0.717, 1.165) is 0 Å². The van der Waals surface area contributed by atoms with Crippen LogP contribution < -0.4 is 17.2 Å². The summed E-state index contributed by atoms with van der Waals surface area (Å²) >= 11 is 0. The summed E-state index contributed by atoms with van der Waals surface area (Å²) in [6.45, 7) is -0.134. The van der Waals surface area contributed by atoms with Crippen LogP contribution in [-0.4, -0.2) is 16.7 Å². The third-order valence-corrected chi connectivity index (χ3v) is 1.60. The maximum atomic E-state index is 8.72. The third-order valence-electron chi connectivity index (χ3n) is 1.60. The van der Waals surface area contributed by atoms with Gasteiger partial charge in [-0.1, -0.05) is 0 Å². The fraction of sp³-hybridized carbons (Fsp3) is 0.286. The molecular formula is C7H12N4O. The van der Waals surface area contributed by atoms with Crippen LogP contribution in [0.15, 0.2) is 12.3 Å². The van der Waals surface area contributed by atoms with E-state index in [-0.39, 0.29) is 12.4 Å². The standard InChI is InChI=1S/C7H12N4O/c8-5-1-4(6(9)3-12)2-11-7(5)10/h1-2,6,12H,3,8-9H2,(H2,10,11)/t6-/m1/s1. The summed E-state index contributed by atoms with van der Waals surface area (Å²) in [6, 6.07) is 1.17. The highest BCUT2D eigenvalue weighted by Gasteiger charge is 2.05. The van der Waals surface area contributed by atoms with Gasteiger partial charge in [0.05, 0.1) is 18.3 Å². The van der Waals surface area contributed by atoms with E-state index >= 15 is 0 Å². The van der Waals surface area contributed by atoms with Crippen molar-refractivity contribution in [3.63, 3.8) is 0 Å². The van der Waals surface area contributed by atoms with E-state index < -0.39 is 6.04 Å². The maximum Gasteiger partial charge on any atom is 0.146 e. The summed E-state index contributed by atoms with van der Waals surface area (Å²) < 4.78 is 0. The fourth-order valence-electron chi connectivity index (χ4n) is 0.818. The van der Waals surface area contributed by atoms with Gasteiger partial charge in [-0.25, -0.2) is 4.98 Å². The average Bonchev–Trinajstić information content (AvgIpc) is 2.08. The van der Waals surface area contributed by atoms with E-state index in [4.69, 9.17) is 22.3 Å². The maximum absolute atomic E-state index is 8.72. The molecule has 0 aromatic carbocycles. The number of rotatable bonds is 2. The van der Waals surface area contributed by atoms with Gasteiger partial charge in [0.15, 0.2) is 0 Å². The van der Waals surface area contributed by atoms with E-state index in [1.54, 1.807) is 6.07 Å². The van der Waals surface area contributed by atoms with Crippen molar-refractivity contribution < 1.29 is 5.11 Å². The summed E-state index contributed by atoms with van der Waals surface area (Å²) in [4.78, 5) is 3.81. The highest BCUT2D eigenvalue weighted by Crippen LogP contribution is 2.16. The van der Waals surface area contributed by atoms with E-state index in [2.05, 4.69) is 4.98 Å². The number of anilines is 2. The molecule has 1 rings (SSSR count). The molecule has 12 heavy (non-hydrogen) atoms. The molecule has 0 bridgehead atoms. The van der Waals surface area contributed by atoms with Gasteiger partial charge in [-0.3, -0.25) is 0 Å². The molecule has 0 radical (unpaired) electrons. The minimum absolute atomic E-state index is 0.134. The molecule has 0 saturated heterocycles. The number of pyridine rings is 1. The van der Waals surface area contributed by atoms with Crippen molar-refractivity contribution in [1.82, 2.24) is 4.98 Å². The molecule has 0 aliphatic carbocycles. The molecule has 0 amide bonds. The molecule has 0 fully saturated rings. The van der Waals surface area contributed by atoms with Crippen molar-refractivity contribution in [3.05, 3.63) is 17.8 Å². The molecule has 0 aliphatic heterocycles. The molecule has 0 aliphatic rings. The molecule has 1 atom stereocenters. The van der Waals surface area contributed by atoms with Crippen molar-refractivity contribution >= 4 is 11.5 Å². The van der Waals surface area contributed by atoms with Crippen molar-refractivity contribution in [1.29, 1.82) is 0 Å². The number of nitrogen functional groups attached to an aromatic ring is 2. The van der Waals surface area contributed by atoms with Gasteiger partial charge in [0, 0.05) is 6.20 Å². The van der Waals surface area contributed by atoms with Crippen LogP contribution in [0, 0.1) is 0 Å². The number of nitrogens with zero attached hydrogens (tertiary/aromatic N) is 1. The molecule has 0 unspecified atom stereocenters. The van der Waals surface area contributed by atoms with Gasteiger partial charge in [0.2, 0.25) is 0 Å². The molecule has 5 heteroatoms. The summed E-state index contributed by atoms with van der Waals surface area (Å²) in [5, 5.41) is 8.72. The molecule has 0 saturated carbocycles.